The van der Waals surface area contributed by atoms with Gasteiger partial charge in [-0.1, -0.05) is 45.9 Å². The maximum atomic E-state index is 12.6. The molecule has 0 saturated carbocycles. The molecule has 2 N–H and O–H groups in total. The highest BCUT2D eigenvalue weighted by atomic mass is 32.3. The summed E-state index contributed by atoms with van der Waals surface area (Å²) in [6, 6.07) is 6.62. The van der Waals surface area contributed by atoms with E-state index in [1.54, 1.807) is 24.3 Å². The minimum Gasteiger partial charge on any atom is -0.462 e. The monoisotopic (exact) mass is 511 g/mol. The number of fused-ring (bicyclic) bond motifs is 2. The van der Waals surface area contributed by atoms with E-state index in [1.807, 2.05) is 33.8 Å². The van der Waals surface area contributed by atoms with E-state index in [-0.39, 0.29) is 19.8 Å². The number of primary amides is 1. The maximum absolute atomic E-state index is 12.6. The second-order valence-electron chi connectivity index (χ2n) is 10.6. The first kappa shape index (κ1) is 26.9. The maximum Gasteiger partial charge on any atom is 0.421 e. The number of carbonyl (C=O) groups is 3. The zero-order valence-electron chi connectivity index (χ0n) is 20.4. The van der Waals surface area contributed by atoms with Gasteiger partial charge in [-0.15, -0.1) is 4.28 Å². The van der Waals surface area contributed by atoms with Crippen LogP contribution in [0.2, 0.25) is 0 Å². The quantitative estimate of drug-likeness (QED) is 0.445. The summed E-state index contributed by atoms with van der Waals surface area (Å²) in [4.78, 5) is 37.6. The van der Waals surface area contributed by atoms with Crippen LogP contribution < -0.4 is 5.73 Å². The zero-order chi connectivity index (χ0) is 26.0. The molecule has 0 aromatic heterocycles. The van der Waals surface area contributed by atoms with Crippen molar-refractivity contribution < 1.29 is 36.0 Å². The molecule has 1 aromatic carbocycles. The van der Waals surface area contributed by atoms with Crippen molar-refractivity contribution in [1.29, 1.82) is 0 Å². The normalized spacial score (nSPS) is 20.7. The lowest BCUT2D eigenvalue weighted by Crippen LogP contribution is -2.47. The van der Waals surface area contributed by atoms with E-state index >= 15 is 0 Å². The molecule has 3 rings (SSSR count). The Morgan fingerprint density at radius 3 is 2.31 bits per heavy atom. The Hall–Kier alpha value is -2.70. The van der Waals surface area contributed by atoms with Gasteiger partial charge in [0, 0.05) is 6.54 Å². The fraction of sp³-hybridized carbons (Fsp3) is 0.609. The summed E-state index contributed by atoms with van der Waals surface area (Å²) < 4.78 is 40.5. The Labute approximate surface area is 205 Å². The van der Waals surface area contributed by atoms with Gasteiger partial charge in [0.25, 0.3) is 0 Å². The number of esters is 1. The molecule has 2 saturated heterocycles. The Morgan fingerprint density at radius 2 is 1.69 bits per heavy atom. The number of nitrogens with two attached hydrogens (primary N) is 1. The van der Waals surface area contributed by atoms with Crippen LogP contribution >= 0.6 is 0 Å². The number of amides is 3. The zero-order valence-corrected chi connectivity index (χ0v) is 21.2. The molecule has 194 valence electrons. The van der Waals surface area contributed by atoms with Crippen molar-refractivity contribution in [2.45, 2.75) is 59.0 Å². The molecule has 11 nitrogen and oxygen atoms in total. The highest BCUT2D eigenvalue weighted by molar-refractivity contribution is 7.81. The number of rotatable bonds is 11. The van der Waals surface area contributed by atoms with Crippen LogP contribution in [0.1, 0.15) is 57.3 Å². The molecule has 2 atom stereocenters. The van der Waals surface area contributed by atoms with Gasteiger partial charge in [0.05, 0.1) is 24.8 Å². The lowest BCUT2D eigenvalue weighted by molar-refractivity contribution is -0.122. The molecule has 35 heavy (non-hydrogen) atoms. The number of hydroxylamine groups is 2. The number of benzene rings is 1. The van der Waals surface area contributed by atoms with Gasteiger partial charge in [-0.25, -0.2) is 13.8 Å². The molecule has 2 bridgehead atoms. The van der Waals surface area contributed by atoms with Crippen LogP contribution in [0.5, 0.6) is 0 Å². The minimum atomic E-state index is -4.55. The number of carbonyl (C=O) groups excluding carboxylic acids is 3. The van der Waals surface area contributed by atoms with Gasteiger partial charge in [0.1, 0.15) is 6.04 Å². The predicted octanol–water partition coefficient (Wildman–Crippen LogP) is 2.23. The Bertz CT molecular complexity index is 1060. The fourth-order valence-corrected chi connectivity index (χ4v) is 5.58. The molecular formula is C23H33N3O8S. The van der Waals surface area contributed by atoms with Crippen LogP contribution in [0.15, 0.2) is 30.3 Å². The van der Waals surface area contributed by atoms with Gasteiger partial charge in [-0.05, 0) is 42.2 Å². The van der Waals surface area contributed by atoms with Crippen LogP contribution in [0.3, 0.4) is 0 Å². The smallest absolute Gasteiger partial charge is 0.421 e. The van der Waals surface area contributed by atoms with Crippen molar-refractivity contribution in [2.24, 2.45) is 16.6 Å². The van der Waals surface area contributed by atoms with Crippen molar-refractivity contribution in [3.05, 3.63) is 35.9 Å². The van der Waals surface area contributed by atoms with Crippen LogP contribution in [0.25, 0.3) is 0 Å². The summed E-state index contributed by atoms with van der Waals surface area (Å²) in [6.45, 7) is 7.53. The molecule has 2 fully saturated rings. The standard InChI is InChI=1S/C23H33N3O8S/c1-22(2,14-32-20(28)16-8-6-5-7-9-16)13-23(3,4)15-33-35(30,31)34-26-17-10-11-18(19(24)27)25(12-17)21(26)29/h5-9,17-18H,10-15H2,1-4H3,(H2,24,27)/t17-,18+/m1/s1. The molecule has 2 aliphatic rings. The number of ether oxygens (including phenoxy) is 1. The molecule has 2 heterocycles. The van der Waals surface area contributed by atoms with Crippen molar-refractivity contribution >= 4 is 28.3 Å². The first-order valence-corrected chi connectivity index (χ1v) is 12.7. The van der Waals surface area contributed by atoms with Crippen molar-refractivity contribution in [1.82, 2.24) is 9.96 Å². The third-order valence-electron chi connectivity index (χ3n) is 5.98. The number of nitrogens with zero attached hydrogens (tertiary/aromatic N) is 2. The number of piperidine rings is 1. The van der Waals surface area contributed by atoms with E-state index in [2.05, 4.69) is 0 Å². The molecule has 0 radical (unpaired) electrons. The van der Waals surface area contributed by atoms with Crippen LogP contribution in [-0.2, 0) is 28.4 Å². The van der Waals surface area contributed by atoms with Crippen molar-refractivity contribution in [3.63, 3.8) is 0 Å². The number of hydrogen-bond donors (Lipinski definition) is 1. The summed E-state index contributed by atoms with van der Waals surface area (Å²) in [5.74, 6) is -1.07. The third-order valence-corrected chi connectivity index (χ3v) is 6.73. The lowest BCUT2D eigenvalue weighted by atomic mass is 9.76. The SMILES string of the molecule is CC(C)(COC(=O)c1ccccc1)CC(C)(C)COS(=O)(=O)ON1C(=O)N2C[C@H]1CC[C@H]2C(N)=O. The molecular weight excluding hydrogens is 478 g/mol. The van der Waals surface area contributed by atoms with E-state index < -0.39 is 51.2 Å². The van der Waals surface area contributed by atoms with E-state index in [4.69, 9.17) is 18.9 Å². The largest absolute Gasteiger partial charge is 0.462 e. The molecule has 12 heteroatoms. The average Bonchev–Trinajstić information content (AvgIpc) is 3.00. The van der Waals surface area contributed by atoms with E-state index in [0.29, 0.717) is 24.8 Å². The van der Waals surface area contributed by atoms with Gasteiger partial charge < -0.3 is 15.4 Å². The molecule has 2 aliphatic heterocycles. The third kappa shape index (κ3) is 6.92. The molecule has 0 spiro atoms. The Morgan fingerprint density at radius 1 is 1.06 bits per heavy atom. The van der Waals surface area contributed by atoms with Gasteiger partial charge in [-0.3, -0.25) is 4.79 Å². The second-order valence-corrected chi connectivity index (χ2v) is 11.8. The molecule has 0 unspecified atom stereocenters. The summed E-state index contributed by atoms with van der Waals surface area (Å²) in [7, 11) is -4.55. The molecule has 3 amide bonds. The molecule has 0 aliphatic carbocycles. The van der Waals surface area contributed by atoms with Crippen LogP contribution in [-0.4, -0.2) is 68.1 Å². The fourth-order valence-electron chi connectivity index (χ4n) is 4.69. The first-order chi connectivity index (χ1) is 16.2. The summed E-state index contributed by atoms with van der Waals surface area (Å²) in [5.41, 5.74) is 4.68. The van der Waals surface area contributed by atoms with E-state index in [9.17, 15) is 22.8 Å². The van der Waals surface area contributed by atoms with Crippen molar-refractivity contribution in [2.75, 3.05) is 19.8 Å². The summed E-state index contributed by atoms with van der Waals surface area (Å²) in [6.07, 6.45) is 1.19. The topological polar surface area (TPSA) is 146 Å². The van der Waals surface area contributed by atoms with Crippen LogP contribution in [0, 0.1) is 10.8 Å². The summed E-state index contributed by atoms with van der Waals surface area (Å²) in [5, 5.41) is 0.748. The average molecular weight is 512 g/mol. The predicted molar refractivity (Wildman–Crippen MR) is 125 cm³/mol. The highest BCUT2D eigenvalue weighted by Crippen LogP contribution is 2.35. The Kier molecular flexibility index (Phi) is 7.77. The number of urea groups is 1. The van der Waals surface area contributed by atoms with Crippen LogP contribution in [0.4, 0.5) is 4.79 Å². The van der Waals surface area contributed by atoms with Gasteiger partial charge >= 0.3 is 22.4 Å². The minimum absolute atomic E-state index is 0.133. The second kappa shape index (κ2) is 10.1. The van der Waals surface area contributed by atoms with E-state index in [1.165, 1.54) is 4.90 Å². The van der Waals surface area contributed by atoms with E-state index in [0.717, 1.165) is 5.06 Å². The van der Waals surface area contributed by atoms with Gasteiger partial charge in [0.2, 0.25) is 5.91 Å². The first-order valence-electron chi connectivity index (χ1n) is 11.4. The Balaban J connectivity index is 1.52. The molecule has 1 aromatic rings. The van der Waals surface area contributed by atoms with Gasteiger partial charge in [-0.2, -0.15) is 13.5 Å². The highest BCUT2D eigenvalue weighted by Gasteiger charge is 2.49. The van der Waals surface area contributed by atoms with Gasteiger partial charge in [0.15, 0.2) is 0 Å². The summed E-state index contributed by atoms with van der Waals surface area (Å²) >= 11 is 0. The number of hydrogen-bond acceptors (Lipinski definition) is 8. The lowest BCUT2D eigenvalue weighted by Gasteiger charge is -2.34. The van der Waals surface area contributed by atoms with Crippen molar-refractivity contribution in [3.8, 4) is 0 Å².